The highest BCUT2D eigenvalue weighted by molar-refractivity contribution is 5.70. The van der Waals surface area contributed by atoms with Crippen LogP contribution in [0.5, 0.6) is 0 Å². The molecule has 0 spiro atoms. The number of aryl methyl sites for hydroxylation is 2. The van der Waals surface area contributed by atoms with E-state index in [1.165, 1.54) is 11.1 Å². The van der Waals surface area contributed by atoms with E-state index in [1.807, 2.05) is 49.4 Å². The van der Waals surface area contributed by atoms with E-state index >= 15 is 0 Å². The molecule has 2 heteroatoms. The molecule has 2 nitrogen and oxygen atoms in total. The first-order chi connectivity index (χ1) is 10.2. The summed E-state index contributed by atoms with van der Waals surface area (Å²) in [7, 11) is 0. The highest BCUT2D eigenvalue weighted by Crippen LogP contribution is 2.19. The van der Waals surface area contributed by atoms with Gasteiger partial charge in [0.25, 0.3) is 0 Å². The van der Waals surface area contributed by atoms with Gasteiger partial charge in [-0.25, -0.2) is 0 Å². The van der Waals surface area contributed by atoms with Crippen molar-refractivity contribution < 1.29 is 9.90 Å². The quantitative estimate of drug-likeness (QED) is 0.823. The van der Waals surface area contributed by atoms with Crippen LogP contribution in [0.15, 0.2) is 54.6 Å². The third kappa shape index (κ3) is 4.75. The zero-order chi connectivity index (χ0) is 15.1. The summed E-state index contributed by atoms with van der Waals surface area (Å²) in [5, 5.41) is 9.42. The summed E-state index contributed by atoms with van der Waals surface area (Å²) in [4.78, 5) is 11.5. The first-order valence-corrected chi connectivity index (χ1v) is 7.48. The van der Waals surface area contributed by atoms with Crippen molar-refractivity contribution in [3.8, 4) is 0 Å². The van der Waals surface area contributed by atoms with Crippen molar-refractivity contribution in [3.63, 3.8) is 0 Å². The first kappa shape index (κ1) is 15.3. The van der Waals surface area contributed by atoms with Crippen LogP contribution in [-0.4, -0.2) is 11.1 Å². The lowest BCUT2D eigenvalue weighted by Gasteiger charge is -2.14. The fourth-order valence-corrected chi connectivity index (χ4v) is 2.61. The summed E-state index contributed by atoms with van der Waals surface area (Å²) in [5.74, 6) is -0.985. The monoisotopic (exact) mass is 282 g/mol. The fraction of sp³-hybridized carbons (Fsp3) is 0.316. The minimum atomic E-state index is -0.689. The molecule has 1 N–H and O–H groups in total. The van der Waals surface area contributed by atoms with Crippen LogP contribution in [0.25, 0.3) is 0 Å². The van der Waals surface area contributed by atoms with Gasteiger partial charge in [0.1, 0.15) is 0 Å². The SMILES string of the molecule is Cc1ccccc1CC(CCCc1ccccc1)C(=O)O. The van der Waals surface area contributed by atoms with Gasteiger partial charge in [-0.2, -0.15) is 0 Å². The summed E-state index contributed by atoms with van der Waals surface area (Å²) in [6.07, 6.45) is 3.20. The molecule has 0 fully saturated rings. The molecular weight excluding hydrogens is 260 g/mol. The Morgan fingerprint density at radius 1 is 1.05 bits per heavy atom. The second-order valence-corrected chi connectivity index (χ2v) is 5.54. The molecule has 0 saturated heterocycles. The topological polar surface area (TPSA) is 37.3 Å². The van der Waals surface area contributed by atoms with Crippen molar-refractivity contribution in [2.45, 2.75) is 32.6 Å². The van der Waals surface area contributed by atoms with Gasteiger partial charge in [-0.15, -0.1) is 0 Å². The maximum atomic E-state index is 11.5. The fourth-order valence-electron chi connectivity index (χ4n) is 2.61. The number of benzene rings is 2. The van der Waals surface area contributed by atoms with Gasteiger partial charge in [0.2, 0.25) is 0 Å². The third-order valence-electron chi connectivity index (χ3n) is 3.94. The number of carboxylic acid groups (broad SMARTS) is 1. The molecule has 1 atom stereocenters. The molecule has 0 aliphatic rings. The van der Waals surface area contributed by atoms with Crippen LogP contribution in [0, 0.1) is 12.8 Å². The van der Waals surface area contributed by atoms with Crippen LogP contribution in [-0.2, 0) is 17.6 Å². The Balaban J connectivity index is 1.91. The molecule has 0 bridgehead atoms. The number of hydrogen-bond acceptors (Lipinski definition) is 1. The highest BCUT2D eigenvalue weighted by atomic mass is 16.4. The predicted octanol–water partition coefficient (Wildman–Crippen LogP) is 4.26. The molecule has 1 unspecified atom stereocenters. The largest absolute Gasteiger partial charge is 0.481 e. The number of rotatable bonds is 7. The van der Waals surface area contributed by atoms with Crippen LogP contribution in [0.4, 0.5) is 0 Å². The number of carbonyl (C=O) groups is 1. The normalized spacial score (nSPS) is 12.0. The molecule has 0 radical (unpaired) electrons. The van der Waals surface area contributed by atoms with Gasteiger partial charge < -0.3 is 5.11 Å². The highest BCUT2D eigenvalue weighted by Gasteiger charge is 2.18. The molecule has 2 aromatic carbocycles. The molecule has 0 saturated carbocycles. The zero-order valence-electron chi connectivity index (χ0n) is 12.5. The molecule has 2 rings (SSSR count). The smallest absolute Gasteiger partial charge is 0.306 e. The van der Waals surface area contributed by atoms with Gasteiger partial charge >= 0.3 is 5.97 Å². The van der Waals surface area contributed by atoms with Crippen LogP contribution in [0.1, 0.15) is 29.5 Å². The van der Waals surface area contributed by atoms with E-state index in [2.05, 4.69) is 12.1 Å². The van der Waals surface area contributed by atoms with E-state index in [4.69, 9.17) is 0 Å². The summed E-state index contributed by atoms with van der Waals surface area (Å²) in [6, 6.07) is 18.3. The van der Waals surface area contributed by atoms with Gasteiger partial charge in [0.05, 0.1) is 5.92 Å². The maximum absolute atomic E-state index is 11.5. The molecule has 0 aromatic heterocycles. The average Bonchev–Trinajstić information content (AvgIpc) is 2.49. The Morgan fingerprint density at radius 3 is 2.38 bits per heavy atom. The zero-order valence-corrected chi connectivity index (χ0v) is 12.5. The average molecular weight is 282 g/mol. The van der Waals surface area contributed by atoms with Crippen molar-refractivity contribution in [2.75, 3.05) is 0 Å². The Bertz CT molecular complexity index is 575. The van der Waals surface area contributed by atoms with E-state index in [1.54, 1.807) is 0 Å². The number of aliphatic carboxylic acids is 1. The number of carboxylic acids is 1. The van der Waals surface area contributed by atoms with E-state index in [-0.39, 0.29) is 5.92 Å². The van der Waals surface area contributed by atoms with E-state index in [9.17, 15) is 9.90 Å². The minimum absolute atomic E-state index is 0.296. The van der Waals surface area contributed by atoms with E-state index in [0.29, 0.717) is 6.42 Å². The molecule has 110 valence electrons. The van der Waals surface area contributed by atoms with Crippen molar-refractivity contribution >= 4 is 5.97 Å². The third-order valence-corrected chi connectivity index (χ3v) is 3.94. The lowest BCUT2D eigenvalue weighted by Crippen LogP contribution is -2.17. The van der Waals surface area contributed by atoms with Gasteiger partial charge in [-0.05, 0) is 49.3 Å². The molecule has 2 aromatic rings. The van der Waals surface area contributed by atoms with Gasteiger partial charge in [-0.1, -0.05) is 54.6 Å². The molecule has 0 amide bonds. The lowest BCUT2D eigenvalue weighted by atomic mass is 9.91. The minimum Gasteiger partial charge on any atom is -0.481 e. The second kappa shape index (κ2) is 7.63. The summed E-state index contributed by atoms with van der Waals surface area (Å²) in [6.45, 7) is 2.04. The Hall–Kier alpha value is -2.09. The van der Waals surface area contributed by atoms with Gasteiger partial charge in [-0.3, -0.25) is 4.79 Å². The maximum Gasteiger partial charge on any atom is 0.306 e. The molecule has 0 aliphatic heterocycles. The van der Waals surface area contributed by atoms with Gasteiger partial charge in [0.15, 0.2) is 0 Å². The van der Waals surface area contributed by atoms with Crippen LogP contribution < -0.4 is 0 Å². The second-order valence-electron chi connectivity index (χ2n) is 5.54. The molecule has 21 heavy (non-hydrogen) atoms. The van der Waals surface area contributed by atoms with E-state index < -0.39 is 5.97 Å². The summed E-state index contributed by atoms with van der Waals surface area (Å²) < 4.78 is 0. The van der Waals surface area contributed by atoms with Crippen LogP contribution >= 0.6 is 0 Å². The first-order valence-electron chi connectivity index (χ1n) is 7.48. The van der Waals surface area contributed by atoms with Crippen molar-refractivity contribution in [1.29, 1.82) is 0 Å². The Kier molecular flexibility index (Phi) is 5.56. The van der Waals surface area contributed by atoms with E-state index in [0.717, 1.165) is 24.8 Å². The molecular formula is C19H22O2. The van der Waals surface area contributed by atoms with Crippen LogP contribution in [0.2, 0.25) is 0 Å². The van der Waals surface area contributed by atoms with Crippen molar-refractivity contribution in [2.24, 2.45) is 5.92 Å². The van der Waals surface area contributed by atoms with Crippen LogP contribution in [0.3, 0.4) is 0 Å². The molecule has 0 heterocycles. The Morgan fingerprint density at radius 2 is 1.71 bits per heavy atom. The summed E-state index contributed by atoms with van der Waals surface area (Å²) in [5.41, 5.74) is 3.59. The summed E-state index contributed by atoms with van der Waals surface area (Å²) >= 11 is 0. The molecule has 0 aliphatic carbocycles. The van der Waals surface area contributed by atoms with Crippen molar-refractivity contribution in [1.82, 2.24) is 0 Å². The van der Waals surface area contributed by atoms with Crippen molar-refractivity contribution in [3.05, 3.63) is 71.3 Å². The lowest BCUT2D eigenvalue weighted by molar-refractivity contribution is -0.141. The standard InChI is InChI=1S/C19H22O2/c1-15-8-5-6-12-17(15)14-18(19(20)21)13-7-11-16-9-3-2-4-10-16/h2-6,8-10,12,18H,7,11,13-14H2,1H3,(H,20,21). The Labute approximate surface area is 126 Å². The van der Waals surface area contributed by atoms with Gasteiger partial charge in [0, 0.05) is 0 Å². The predicted molar refractivity (Wildman–Crippen MR) is 85.4 cm³/mol. The number of hydrogen-bond donors (Lipinski definition) is 1.